The molecule has 0 bridgehead atoms. The Labute approximate surface area is 111 Å². The number of nitrogens with two attached hydrogens (primary N) is 1. The molecule has 0 heterocycles. The Bertz CT molecular complexity index is 242. The largest absolute Gasteiger partial charge is 0.385 e. The predicted molar refractivity (Wildman–Crippen MR) is 74.4 cm³/mol. The highest BCUT2D eigenvalue weighted by atomic mass is 16.5. The van der Waals surface area contributed by atoms with Crippen molar-refractivity contribution in [3.63, 3.8) is 0 Å². The highest BCUT2D eigenvalue weighted by Gasteiger charge is 2.21. The Morgan fingerprint density at radius 3 is 2.56 bits per heavy atom. The highest BCUT2D eigenvalue weighted by molar-refractivity contribution is 5.81. The molecule has 1 atom stereocenters. The Hall–Kier alpha value is -0.650. The first kappa shape index (κ1) is 17.4. The van der Waals surface area contributed by atoms with E-state index in [2.05, 4.69) is 24.1 Å². The lowest BCUT2D eigenvalue weighted by Gasteiger charge is -2.29. The van der Waals surface area contributed by atoms with Gasteiger partial charge in [0, 0.05) is 26.8 Å². The molecule has 0 saturated heterocycles. The molecule has 0 aromatic carbocycles. The smallest absolute Gasteiger partial charge is 0.236 e. The normalized spacial score (nSPS) is 13.7. The Kier molecular flexibility index (Phi) is 8.15. The van der Waals surface area contributed by atoms with Gasteiger partial charge in [-0.3, -0.25) is 4.79 Å². The van der Waals surface area contributed by atoms with E-state index in [1.807, 2.05) is 14.1 Å². The van der Waals surface area contributed by atoms with Gasteiger partial charge in [-0.1, -0.05) is 13.8 Å². The van der Waals surface area contributed by atoms with Crippen molar-refractivity contribution < 1.29 is 9.53 Å². The van der Waals surface area contributed by atoms with E-state index in [9.17, 15) is 4.79 Å². The maximum absolute atomic E-state index is 11.8. The summed E-state index contributed by atoms with van der Waals surface area (Å²) in [6.45, 7) is 6.47. The summed E-state index contributed by atoms with van der Waals surface area (Å²) in [7, 11) is 5.70. The fraction of sp³-hybridized carbons (Fsp3) is 0.923. The quantitative estimate of drug-likeness (QED) is 0.590. The summed E-state index contributed by atoms with van der Waals surface area (Å²) in [6, 6.07) is -0.435. The molecule has 5 heteroatoms. The molecule has 0 radical (unpaired) electrons. The summed E-state index contributed by atoms with van der Waals surface area (Å²) in [5.41, 5.74) is 5.86. The number of amides is 1. The van der Waals surface area contributed by atoms with Gasteiger partial charge in [0.05, 0.1) is 6.04 Å². The van der Waals surface area contributed by atoms with E-state index in [4.69, 9.17) is 10.5 Å². The first-order valence-corrected chi connectivity index (χ1v) is 6.45. The number of nitrogens with zero attached hydrogens (tertiary/aromatic N) is 1. The lowest BCUT2D eigenvalue weighted by Crippen LogP contribution is -2.46. The van der Waals surface area contributed by atoms with E-state index in [-0.39, 0.29) is 11.3 Å². The van der Waals surface area contributed by atoms with Crippen LogP contribution in [0.15, 0.2) is 0 Å². The standard InChI is InChI=1S/C13H29N3O2/c1-13(2,10-16(3)4)9-15-12(17)11(14)7-6-8-18-5/h11H,6-10,14H2,1-5H3,(H,15,17). The van der Waals surface area contributed by atoms with E-state index in [0.717, 1.165) is 13.0 Å². The van der Waals surface area contributed by atoms with Crippen LogP contribution in [0.3, 0.4) is 0 Å². The molecule has 0 aromatic heterocycles. The molecule has 0 aliphatic rings. The maximum atomic E-state index is 11.8. The van der Waals surface area contributed by atoms with Gasteiger partial charge in [0.2, 0.25) is 5.91 Å². The van der Waals surface area contributed by atoms with Crippen molar-refractivity contribution in [2.24, 2.45) is 11.1 Å². The summed E-state index contributed by atoms with van der Waals surface area (Å²) in [5, 5.41) is 2.92. The van der Waals surface area contributed by atoms with Crippen molar-refractivity contribution in [2.75, 3.05) is 40.9 Å². The number of hydrogen-bond donors (Lipinski definition) is 2. The second-order valence-corrected chi connectivity index (χ2v) is 5.86. The first-order valence-electron chi connectivity index (χ1n) is 6.45. The summed E-state index contributed by atoms with van der Waals surface area (Å²) in [4.78, 5) is 13.9. The lowest BCUT2D eigenvalue weighted by atomic mass is 9.93. The minimum atomic E-state index is -0.435. The number of hydrogen-bond acceptors (Lipinski definition) is 4. The van der Waals surface area contributed by atoms with Crippen LogP contribution in [0.5, 0.6) is 0 Å². The van der Waals surface area contributed by atoms with Crippen LogP contribution >= 0.6 is 0 Å². The molecule has 1 unspecified atom stereocenters. The third kappa shape index (κ3) is 8.44. The molecule has 18 heavy (non-hydrogen) atoms. The Morgan fingerprint density at radius 2 is 2.06 bits per heavy atom. The van der Waals surface area contributed by atoms with Crippen LogP contribution in [0.2, 0.25) is 0 Å². The van der Waals surface area contributed by atoms with Gasteiger partial charge in [-0.25, -0.2) is 0 Å². The molecular formula is C13H29N3O2. The molecule has 0 spiro atoms. The SMILES string of the molecule is COCCCC(N)C(=O)NCC(C)(C)CN(C)C. The van der Waals surface area contributed by atoms with Gasteiger partial charge in [0.15, 0.2) is 0 Å². The van der Waals surface area contributed by atoms with E-state index in [1.54, 1.807) is 7.11 Å². The Balaban J connectivity index is 3.93. The predicted octanol–water partition coefficient (Wildman–Crippen LogP) is 0.444. The van der Waals surface area contributed by atoms with Crippen LogP contribution in [0.25, 0.3) is 0 Å². The molecule has 3 N–H and O–H groups in total. The average molecular weight is 259 g/mol. The molecule has 1 amide bonds. The first-order chi connectivity index (χ1) is 8.28. The monoisotopic (exact) mass is 259 g/mol. The van der Waals surface area contributed by atoms with Crippen molar-refractivity contribution in [1.82, 2.24) is 10.2 Å². The molecule has 0 fully saturated rings. The molecule has 108 valence electrons. The highest BCUT2D eigenvalue weighted by Crippen LogP contribution is 2.14. The van der Waals surface area contributed by atoms with Gasteiger partial charge < -0.3 is 20.7 Å². The van der Waals surface area contributed by atoms with Crippen molar-refractivity contribution in [3.05, 3.63) is 0 Å². The van der Waals surface area contributed by atoms with Crippen LogP contribution < -0.4 is 11.1 Å². The number of carbonyl (C=O) groups is 1. The van der Waals surface area contributed by atoms with E-state index in [1.165, 1.54) is 0 Å². The van der Waals surface area contributed by atoms with Gasteiger partial charge >= 0.3 is 0 Å². The molecule has 0 aliphatic heterocycles. The van der Waals surface area contributed by atoms with Crippen molar-refractivity contribution in [3.8, 4) is 0 Å². The topological polar surface area (TPSA) is 67.6 Å². The third-order valence-electron chi connectivity index (χ3n) is 2.69. The summed E-state index contributed by atoms with van der Waals surface area (Å²) < 4.78 is 4.94. The van der Waals surface area contributed by atoms with Crippen LogP contribution in [0.4, 0.5) is 0 Å². The van der Waals surface area contributed by atoms with Crippen LogP contribution in [0.1, 0.15) is 26.7 Å². The van der Waals surface area contributed by atoms with Gasteiger partial charge in [0.1, 0.15) is 0 Å². The lowest BCUT2D eigenvalue weighted by molar-refractivity contribution is -0.123. The number of rotatable bonds is 9. The van der Waals surface area contributed by atoms with E-state index >= 15 is 0 Å². The zero-order valence-corrected chi connectivity index (χ0v) is 12.5. The van der Waals surface area contributed by atoms with Gasteiger partial charge in [-0.2, -0.15) is 0 Å². The van der Waals surface area contributed by atoms with E-state index < -0.39 is 6.04 Å². The van der Waals surface area contributed by atoms with Gasteiger partial charge in [0.25, 0.3) is 0 Å². The minimum Gasteiger partial charge on any atom is -0.385 e. The van der Waals surface area contributed by atoms with Gasteiger partial charge in [-0.05, 0) is 32.4 Å². The number of carbonyl (C=O) groups excluding carboxylic acids is 1. The second-order valence-electron chi connectivity index (χ2n) is 5.86. The van der Waals surface area contributed by atoms with Crippen LogP contribution in [-0.4, -0.2) is 57.8 Å². The van der Waals surface area contributed by atoms with Crippen LogP contribution in [0, 0.1) is 5.41 Å². The van der Waals surface area contributed by atoms with E-state index in [0.29, 0.717) is 19.6 Å². The molecule has 0 aliphatic carbocycles. The van der Waals surface area contributed by atoms with Gasteiger partial charge in [-0.15, -0.1) is 0 Å². The zero-order chi connectivity index (χ0) is 14.2. The fourth-order valence-electron chi connectivity index (χ4n) is 1.95. The van der Waals surface area contributed by atoms with Crippen molar-refractivity contribution in [2.45, 2.75) is 32.7 Å². The third-order valence-corrected chi connectivity index (χ3v) is 2.69. The minimum absolute atomic E-state index is 0.0470. The molecule has 0 aromatic rings. The fourth-order valence-corrected chi connectivity index (χ4v) is 1.95. The number of methoxy groups -OCH3 is 1. The molecule has 0 rings (SSSR count). The number of nitrogens with one attached hydrogen (secondary N) is 1. The van der Waals surface area contributed by atoms with Crippen molar-refractivity contribution >= 4 is 5.91 Å². The zero-order valence-electron chi connectivity index (χ0n) is 12.5. The maximum Gasteiger partial charge on any atom is 0.236 e. The number of ether oxygens (including phenoxy) is 1. The molecular weight excluding hydrogens is 230 g/mol. The van der Waals surface area contributed by atoms with Crippen molar-refractivity contribution in [1.29, 1.82) is 0 Å². The summed E-state index contributed by atoms with van der Waals surface area (Å²) in [5.74, 6) is -0.0714. The van der Waals surface area contributed by atoms with Crippen LogP contribution in [-0.2, 0) is 9.53 Å². The molecule has 5 nitrogen and oxygen atoms in total. The Morgan fingerprint density at radius 1 is 1.44 bits per heavy atom. The average Bonchev–Trinajstić information content (AvgIpc) is 2.24. The summed E-state index contributed by atoms with van der Waals surface area (Å²) in [6.07, 6.45) is 1.47. The second kappa shape index (κ2) is 8.45. The summed E-state index contributed by atoms with van der Waals surface area (Å²) >= 11 is 0. The molecule has 0 saturated carbocycles.